The van der Waals surface area contributed by atoms with Gasteiger partial charge in [-0.25, -0.2) is 0 Å². The van der Waals surface area contributed by atoms with Gasteiger partial charge in [0.05, 0.1) is 50.7 Å². The molecule has 428 valence electrons. The van der Waals surface area contributed by atoms with E-state index in [4.69, 9.17) is 38.6 Å². The van der Waals surface area contributed by atoms with Gasteiger partial charge in [-0.2, -0.15) is 10.2 Å². The molecule has 2 saturated heterocycles. The van der Waals surface area contributed by atoms with Crippen LogP contribution in [0.15, 0.2) is 133 Å². The highest BCUT2D eigenvalue weighted by Gasteiger charge is 2.57. The van der Waals surface area contributed by atoms with Gasteiger partial charge in [-0.3, -0.25) is 24.8 Å². The lowest BCUT2D eigenvalue weighted by Crippen LogP contribution is -2.50. The van der Waals surface area contributed by atoms with E-state index < -0.39 is 10.8 Å². The maximum Gasteiger partial charge on any atom is 0.162 e. The molecular weight excluding hydrogens is 1020 g/mol. The molecule has 2 aromatic heterocycles. The standard InChI is InChI=1S/C69H80N6O7/c1-77-53-25-17-47(18-26-53)57-41-68(61-45-70-72-63(61)51-13-11-14-51,42-58(48-19-27-54(78-2)28-20-48)65(57)81-39-37-74-33-7-5-8-34-74)67(76)69(62-46-71-73-64(62)52-15-12-16-52)43-59(49-21-29-55(79-3)30-22-49)66(82-40-38-75-35-9-6-10-36-75)60(44-69)50-23-31-56(80-4)32-24-50/h17-32,41,43,45-46,51-52H,5-16,33-40,42,44H2,1-4H3,(H,70,72)(H,71,73). The minimum absolute atomic E-state index is 0.0257. The molecule has 0 bridgehead atoms. The summed E-state index contributed by atoms with van der Waals surface area (Å²) in [4.78, 5) is 23.6. The molecule has 2 atom stereocenters. The van der Waals surface area contributed by atoms with E-state index in [1.54, 1.807) is 28.4 Å². The Bertz CT molecular complexity index is 3080. The van der Waals surface area contributed by atoms with Crippen LogP contribution in [0.2, 0.25) is 0 Å². The average molecular weight is 1110 g/mol. The first-order valence-electron chi connectivity index (χ1n) is 30.2. The Labute approximate surface area is 483 Å². The van der Waals surface area contributed by atoms with Crippen molar-refractivity contribution >= 4 is 28.1 Å². The van der Waals surface area contributed by atoms with Crippen LogP contribution in [0.25, 0.3) is 22.3 Å². The van der Waals surface area contributed by atoms with E-state index in [1.165, 1.54) is 38.5 Å². The minimum Gasteiger partial charge on any atom is -0.497 e. The Morgan fingerprint density at radius 2 is 0.817 bits per heavy atom. The number of hydrogen-bond donors (Lipinski definition) is 2. The first-order chi connectivity index (χ1) is 40.3. The molecule has 13 nitrogen and oxygen atoms in total. The summed E-state index contributed by atoms with van der Waals surface area (Å²) in [6.07, 6.45) is 22.6. The number of carbonyl (C=O) groups excluding carboxylic acids is 1. The molecule has 12 rings (SSSR count). The number of nitrogens with one attached hydrogen (secondary N) is 2. The number of aromatic nitrogens is 4. The van der Waals surface area contributed by atoms with Crippen molar-refractivity contribution in [2.75, 3.05) is 80.9 Å². The molecule has 6 aromatic rings. The summed E-state index contributed by atoms with van der Waals surface area (Å²) in [5.74, 6) is 4.89. The van der Waals surface area contributed by atoms with Gasteiger partial charge in [0.2, 0.25) is 0 Å². The Morgan fingerprint density at radius 1 is 0.476 bits per heavy atom. The first-order valence-corrected chi connectivity index (χ1v) is 30.2. The fourth-order valence-corrected chi connectivity index (χ4v) is 13.6. The van der Waals surface area contributed by atoms with E-state index in [9.17, 15) is 0 Å². The minimum atomic E-state index is -1.35. The molecule has 4 aromatic carbocycles. The number of ether oxygens (including phenoxy) is 6. The summed E-state index contributed by atoms with van der Waals surface area (Å²) in [5, 5.41) is 17.1. The normalized spacial score (nSPS) is 22.0. The number of hydrogen-bond acceptors (Lipinski definition) is 11. The molecule has 2 unspecified atom stereocenters. The van der Waals surface area contributed by atoms with Crippen molar-refractivity contribution in [3.05, 3.63) is 178 Å². The number of methoxy groups -OCH3 is 4. The van der Waals surface area contributed by atoms with Gasteiger partial charge in [-0.15, -0.1) is 0 Å². The molecule has 13 heteroatoms. The molecule has 0 radical (unpaired) electrons. The fraction of sp³-hybridized carbons (Fsp3) is 0.435. The lowest BCUT2D eigenvalue weighted by molar-refractivity contribution is -0.127. The Balaban J connectivity index is 1.13. The van der Waals surface area contributed by atoms with Crippen LogP contribution < -0.4 is 18.9 Å². The molecule has 4 aliphatic carbocycles. The summed E-state index contributed by atoms with van der Waals surface area (Å²) in [6.45, 7) is 6.78. The van der Waals surface area contributed by atoms with Crippen LogP contribution in [0.4, 0.5) is 0 Å². The molecule has 2 saturated carbocycles. The lowest BCUT2D eigenvalue weighted by atomic mass is 9.55. The Hall–Kier alpha value is -7.35. The van der Waals surface area contributed by atoms with Crippen LogP contribution in [-0.4, -0.2) is 117 Å². The summed E-state index contributed by atoms with van der Waals surface area (Å²) in [6, 6.07) is 33.0. The number of H-pyrrole nitrogens is 2. The maximum atomic E-state index is 18.5. The smallest absolute Gasteiger partial charge is 0.162 e. The summed E-state index contributed by atoms with van der Waals surface area (Å²) < 4.78 is 37.8. The van der Waals surface area contributed by atoms with E-state index in [-0.39, 0.29) is 17.6 Å². The third-order valence-electron chi connectivity index (χ3n) is 18.7. The summed E-state index contributed by atoms with van der Waals surface area (Å²) >= 11 is 0. The van der Waals surface area contributed by atoms with Gasteiger partial charge < -0.3 is 28.4 Å². The number of ketones is 1. The second kappa shape index (κ2) is 24.6. The van der Waals surface area contributed by atoms with Crippen molar-refractivity contribution < 1.29 is 33.2 Å². The third-order valence-corrected chi connectivity index (χ3v) is 18.7. The lowest BCUT2D eigenvalue weighted by Gasteiger charge is -2.46. The molecule has 2 N–H and O–H groups in total. The SMILES string of the molecule is COc1ccc(C2=CC(C(=O)C3(c4c[nH]nc4C4CCC4)C=C(c4ccc(OC)cc4)C(OCCN4CCCCC4)=C(c4ccc(OC)cc4)C3)(c3c[nH]nc3C3CCC3)CC(c3ccc(OC)cc3)=C2OCCN2CCCCC2)cc1. The fourth-order valence-electron chi connectivity index (χ4n) is 13.6. The van der Waals surface area contributed by atoms with Crippen LogP contribution in [0.3, 0.4) is 0 Å². The van der Waals surface area contributed by atoms with Crippen LogP contribution in [-0.2, 0) is 25.1 Å². The summed E-state index contributed by atoms with van der Waals surface area (Å²) in [5.41, 5.74) is 8.25. The predicted octanol–water partition coefficient (Wildman–Crippen LogP) is 13.2. The van der Waals surface area contributed by atoms with Crippen molar-refractivity contribution in [2.24, 2.45) is 0 Å². The van der Waals surface area contributed by atoms with Gasteiger partial charge in [0, 0.05) is 70.7 Å². The number of allylic oxidation sites excluding steroid dienone is 6. The average Bonchev–Trinajstić information content (AvgIpc) is 3.86. The predicted molar refractivity (Wildman–Crippen MR) is 322 cm³/mol. The topological polar surface area (TPSA) is 136 Å². The zero-order valence-corrected chi connectivity index (χ0v) is 48.4. The van der Waals surface area contributed by atoms with Gasteiger partial charge in [-0.1, -0.05) is 86.4 Å². The number of rotatable bonds is 22. The van der Waals surface area contributed by atoms with E-state index in [1.807, 2.05) is 60.9 Å². The zero-order chi connectivity index (χ0) is 56.0. The summed E-state index contributed by atoms with van der Waals surface area (Å²) in [7, 11) is 6.79. The van der Waals surface area contributed by atoms with Crippen molar-refractivity contribution in [1.82, 2.24) is 30.2 Å². The number of Topliss-reactive ketones (excluding diaryl/α,β-unsaturated/α-hetero) is 1. The van der Waals surface area contributed by atoms with Crippen molar-refractivity contribution in [1.29, 1.82) is 0 Å². The van der Waals surface area contributed by atoms with E-state index in [2.05, 4.69) is 80.7 Å². The van der Waals surface area contributed by atoms with Crippen LogP contribution >= 0.6 is 0 Å². The molecule has 0 amide bonds. The zero-order valence-electron chi connectivity index (χ0n) is 48.4. The third kappa shape index (κ3) is 10.9. The molecule has 4 heterocycles. The van der Waals surface area contributed by atoms with Crippen LogP contribution in [0.5, 0.6) is 23.0 Å². The van der Waals surface area contributed by atoms with E-state index >= 15 is 4.79 Å². The molecule has 4 fully saturated rings. The Kier molecular flexibility index (Phi) is 16.6. The highest BCUT2D eigenvalue weighted by Crippen LogP contribution is 2.58. The quantitative estimate of drug-likeness (QED) is 0.0672. The first kappa shape index (κ1) is 55.2. The van der Waals surface area contributed by atoms with Crippen molar-refractivity contribution in [3.63, 3.8) is 0 Å². The van der Waals surface area contributed by atoms with Crippen LogP contribution in [0, 0.1) is 0 Å². The highest BCUT2D eigenvalue weighted by atomic mass is 16.5. The maximum absolute atomic E-state index is 18.5. The number of benzene rings is 4. The molecule has 6 aliphatic rings. The van der Waals surface area contributed by atoms with Gasteiger partial charge in [0.15, 0.2) is 5.78 Å². The van der Waals surface area contributed by atoms with Crippen molar-refractivity contribution in [2.45, 2.75) is 113 Å². The van der Waals surface area contributed by atoms with Gasteiger partial charge in [0.1, 0.15) is 47.7 Å². The van der Waals surface area contributed by atoms with E-state index in [0.717, 1.165) is 179 Å². The number of nitrogens with zero attached hydrogens (tertiary/aromatic N) is 4. The second-order valence-corrected chi connectivity index (χ2v) is 23.4. The molecule has 2 aliphatic heterocycles. The second-order valence-electron chi connectivity index (χ2n) is 23.4. The van der Waals surface area contributed by atoms with Crippen LogP contribution in [0.1, 0.15) is 146 Å². The molecule has 82 heavy (non-hydrogen) atoms. The number of likely N-dealkylation sites (tertiary alicyclic amines) is 2. The number of carbonyl (C=O) groups is 1. The van der Waals surface area contributed by atoms with Gasteiger partial charge >= 0.3 is 0 Å². The molecule has 0 spiro atoms. The van der Waals surface area contributed by atoms with Gasteiger partial charge in [-0.05, 0) is 161 Å². The largest absolute Gasteiger partial charge is 0.497 e. The monoisotopic (exact) mass is 1100 g/mol. The van der Waals surface area contributed by atoms with Crippen molar-refractivity contribution in [3.8, 4) is 23.0 Å². The molecular formula is C69H80N6O7. The highest BCUT2D eigenvalue weighted by molar-refractivity contribution is 6.11. The Morgan fingerprint density at radius 3 is 1.13 bits per heavy atom. The van der Waals surface area contributed by atoms with E-state index in [0.29, 0.717) is 26.1 Å². The number of piperidine rings is 2. The van der Waals surface area contributed by atoms with Gasteiger partial charge in [0.25, 0.3) is 0 Å². The number of aromatic amines is 2.